The van der Waals surface area contributed by atoms with Crippen molar-refractivity contribution in [2.45, 2.75) is 20.8 Å². The maximum Gasteiger partial charge on any atom is 0.348 e. The molecule has 0 saturated heterocycles. The van der Waals surface area contributed by atoms with Gasteiger partial charge in [0.2, 0.25) is 29.7 Å². The largest absolute Gasteiger partial charge is 0.477 e. The molecule has 0 aliphatic heterocycles. The van der Waals surface area contributed by atoms with E-state index in [9.17, 15) is 19.2 Å². The van der Waals surface area contributed by atoms with Crippen molar-refractivity contribution in [3.05, 3.63) is 207 Å². The van der Waals surface area contributed by atoms with Crippen LogP contribution in [0.15, 0.2) is 171 Å². The SMILES string of the molecule is CCOC(=O)c1ccc(-c2ccnc(Cl)n2)s1.CCOC(=O)c1ccc(-c2ccnc(Nc3cccnc3)n2)s1.O=C(O)c1ccc(-c2ccnc(Nc3cccnc3)n2)s1.[C-]#[N+]CCN(CC)C(=O)c1ccc(-c2ccnc(Nc3cccnc3)n2)s1. The van der Waals surface area contributed by atoms with Crippen molar-refractivity contribution in [2.24, 2.45) is 0 Å². The molecule has 0 unspecified atom stereocenters. The van der Waals surface area contributed by atoms with Crippen LogP contribution in [0.25, 0.3) is 47.1 Å². The standard InChI is InChI=1S/C19H18N6OS.C16H14N4O2S.C14H10N4O2S.C11H9ClN2O2S/c1-3-25(12-11-20-2)18(26)17-7-6-16(27-17)15-8-10-22-19(24-15)23-14-5-4-9-21-13-14;1-2-22-15(21)14-6-5-13(23-14)12-7-9-18-16(20-12)19-11-4-3-8-17-10-11;19-13(20)12-4-3-11(21-12)10-5-7-16-14(18-10)17-9-2-1-6-15-8-9;1-2-16-10(15)9-4-3-8(17-9)7-5-6-13-11(12)14-7/h4-10,13H,3,11-12H2,1H3,(H,22,23,24);3-10H,2H2,1H3,(H,18,19,20);1-8H,(H,19,20)(H,16,17,18);3-6H,2H2,1H3. The van der Waals surface area contributed by atoms with Crippen LogP contribution in [0, 0.1) is 6.57 Å². The van der Waals surface area contributed by atoms with Gasteiger partial charge in [-0.05, 0) is 142 Å². The predicted molar refractivity (Wildman–Crippen MR) is 341 cm³/mol. The summed E-state index contributed by atoms with van der Waals surface area (Å²) in [6.07, 6.45) is 16.7. The number of nitrogens with one attached hydrogen (secondary N) is 3. The molecule has 11 heterocycles. The Morgan fingerprint density at radius 1 is 0.511 bits per heavy atom. The number of esters is 2. The summed E-state index contributed by atoms with van der Waals surface area (Å²) in [5.74, 6) is -0.244. The summed E-state index contributed by atoms with van der Waals surface area (Å²) < 4.78 is 9.91. The monoisotopic (exact) mass is 1270 g/mol. The number of nitrogens with zero attached hydrogens (tertiary/aromatic N) is 13. The Balaban J connectivity index is 0.000000154. The Kier molecular flexibility index (Phi) is 23.7. The number of thiophene rings is 4. The first-order valence-electron chi connectivity index (χ1n) is 26.5. The molecule has 11 aromatic heterocycles. The van der Waals surface area contributed by atoms with Gasteiger partial charge in [-0.3, -0.25) is 19.7 Å². The molecule has 0 aliphatic rings. The van der Waals surface area contributed by atoms with E-state index in [1.165, 1.54) is 45.3 Å². The van der Waals surface area contributed by atoms with Crippen molar-refractivity contribution >= 4 is 116 Å². The highest BCUT2D eigenvalue weighted by atomic mass is 35.5. The highest BCUT2D eigenvalue weighted by Gasteiger charge is 2.19. The molecular weight excluding hydrogens is 1220 g/mol. The molecule has 0 spiro atoms. The van der Waals surface area contributed by atoms with Crippen LogP contribution >= 0.6 is 56.9 Å². The molecule has 444 valence electrons. The minimum Gasteiger partial charge on any atom is -0.477 e. The second-order valence-corrected chi connectivity index (χ2v) is 21.9. The highest BCUT2D eigenvalue weighted by molar-refractivity contribution is 7.18. The number of anilines is 6. The van der Waals surface area contributed by atoms with Crippen LogP contribution in [0.3, 0.4) is 0 Å². The Labute approximate surface area is 525 Å². The van der Waals surface area contributed by atoms with E-state index in [2.05, 4.69) is 75.6 Å². The number of hydrogen-bond donors (Lipinski definition) is 4. The van der Waals surface area contributed by atoms with Gasteiger partial charge in [0.05, 0.1) is 103 Å². The van der Waals surface area contributed by atoms with Gasteiger partial charge in [0.15, 0.2) is 0 Å². The molecule has 0 saturated carbocycles. The molecule has 11 aromatic rings. The normalized spacial score (nSPS) is 10.3. The van der Waals surface area contributed by atoms with Gasteiger partial charge in [-0.2, -0.15) is 0 Å². The second kappa shape index (κ2) is 32.8. The zero-order valence-corrected chi connectivity index (χ0v) is 50.9. The minimum atomic E-state index is -0.936. The van der Waals surface area contributed by atoms with Crippen molar-refractivity contribution in [3.63, 3.8) is 0 Å². The number of aromatic carboxylic acids is 1. The Bertz CT molecular complexity index is 4110. The van der Waals surface area contributed by atoms with E-state index in [4.69, 9.17) is 32.8 Å². The quantitative estimate of drug-likeness (QED) is 0.0332. The zero-order chi connectivity index (χ0) is 62.0. The summed E-state index contributed by atoms with van der Waals surface area (Å²) in [6.45, 7) is 14.4. The fraction of sp³-hybridized carbons (Fsp3) is 0.133. The Morgan fingerprint density at radius 3 is 1.24 bits per heavy atom. The van der Waals surface area contributed by atoms with Crippen molar-refractivity contribution in [2.75, 3.05) is 48.8 Å². The van der Waals surface area contributed by atoms with E-state index in [0.717, 1.165) is 48.0 Å². The molecule has 0 radical (unpaired) electrons. The topological polar surface area (TPSA) is 292 Å². The number of rotatable bonds is 19. The van der Waals surface area contributed by atoms with Gasteiger partial charge in [0.1, 0.15) is 14.6 Å². The summed E-state index contributed by atoms with van der Waals surface area (Å²) in [5, 5.41) is 18.4. The summed E-state index contributed by atoms with van der Waals surface area (Å²) in [4.78, 5) is 103. The summed E-state index contributed by atoms with van der Waals surface area (Å²) in [6, 6.07) is 32.3. The number of pyridine rings is 3. The van der Waals surface area contributed by atoms with Crippen LogP contribution in [0.5, 0.6) is 0 Å². The molecule has 4 N–H and O–H groups in total. The Morgan fingerprint density at radius 2 is 0.886 bits per heavy atom. The maximum atomic E-state index is 12.6. The third kappa shape index (κ3) is 18.8. The molecule has 0 aromatic carbocycles. The number of likely N-dealkylation sites (N-methyl/N-ethyl adjacent to an activating group) is 1. The van der Waals surface area contributed by atoms with Crippen LogP contribution in [0.2, 0.25) is 5.28 Å². The van der Waals surface area contributed by atoms with Crippen LogP contribution in [0.4, 0.5) is 34.9 Å². The summed E-state index contributed by atoms with van der Waals surface area (Å²) in [5.41, 5.74) is 5.25. The lowest BCUT2D eigenvalue weighted by Gasteiger charge is -2.16. The summed E-state index contributed by atoms with van der Waals surface area (Å²) >= 11 is 10.9. The molecular formula is C60H51ClN16O7S4. The van der Waals surface area contributed by atoms with E-state index in [0.29, 0.717) is 76.7 Å². The fourth-order valence-corrected chi connectivity index (χ4v) is 11.0. The molecule has 0 aliphatic carbocycles. The number of aromatic nitrogens is 11. The number of hydrogen-bond acceptors (Lipinski definition) is 24. The van der Waals surface area contributed by atoms with Gasteiger partial charge in [-0.25, -0.2) is 60.8 Å². The number of carboxylic acids is 1. The van der Waals surface area contributed by atoms with Crippen LogP contribution in [0.1, 0.15) is 59.5 Å². The van der Waals surface area contributed by atoms with Gasteiger partial charge in [-0.15, -0.1) is 45.3 Å². The van der Waals surface area contributed by atoms with Crippen LogP contribution in [-0.4, -0.2) is 121 Å². The van der Waals surface area contributed by atoms with Crippen molar-refractivity contribution in [1.82, 2.24) is 59.7 Å². The first-order chi connectivity index (χ1) is 42.9. The average molecular weight is 1270 g/mol. The molecule has 0 bridgehead atoms. The second-order valence-electron chi connectivity index (χ2n) is 17.3. The van der Waals surface area contributed by atoms with E-state index in [-0.39, 0.29) is 28.0 Å². The van der Waals surface area contributed by atoms with Crippen molar-refractivity contribution in [1.29, 1.82) is 0 Å². The molecule has 23 nitrogen and oxygen atoms in total. The number of amides is 1. The zero-order valence-electron chi connectivity index (χ0n) is 46.9. The molecule has 88 heavy (non-hydrogen) atoms. The van der Waals surface area contributed by atoms with E-state index >= 15 is 0 Å². The van der Waals surface area contributed by atoms with E-state index in [1.807, 2.05) is 67.6 Å². The highest BCUT2D eigenvalue weighted by Crippen LogP contribution is 2.32. The number of carboxylic acid groups (broad SMARTS) is 1. The first-order valence-corrected chi connectivity index (χ1v) is 30.1. The van der Waals surface area contributed by atoms with E-state index in [1.54, 1.807) is 129 Å². The molecule has 1 amide bonds. The van der Waals surface area contributed by atoms with Gasteiger partial charge in [0.25, 0.3) is 5.91 Å². The minimum absolute atomic E-state index is 0.0554. The van der Waals surface area contributed by atoms with Gasteiger partial charge >= 0.3 is 17.9 Å². The van der Waals surface area contributed by atoms with Crippen molar-refractivity contribution < 1.29 is 33.8 Å². The number of ether oxygens (including phenoxy) is 2. The predicted octanol–water partition coefficient (Wildman–Crippen LogP) is 13.3. The smallest absolute Gasteiger partial charge is 0.348 e. The van der Waals surface area contributed by atoms with E-state index < -0.39 is 5.97 Å². The van der Waals surface area contributed by atoms with Crippen molar-refractivity contribution in [3.8, 4) is 42.3 Å². The Hall–Kier alpha value is -10.4. The number of halogens is 1. The first kappa shape index (κ1) is 63.6. The average Bonchev–Trinajstić information content (AvgIpc) is 4.02. The molecule has 0 atom stereocenters. The number of carbonyl (C=O) groups excluding carboxylic acids is 3. The third-order valence-electron chi connectivity index (χ3n) is 11.3. The fourth-order valence-electron chi connectivity index (χ4n) is 7.32. The summed E-state index contributed by atoms with van der Waals surface area (Å²) in [7, 11) is 0. The molecule has 11 rings (SSSR count). The van der Waals surface area contributed by atoms with Crippen LogP contribution in [-0.2, 0) is 9.47 Å². The van der Waals surface area contributed by atoms with Gasteiger partial charge in [0, 0.05) is 49.9 Å². The van der Waals surface area contributed by atoms with Gasteiger partial charge in [-0.1, -0.05) is 0 Å². The maximum absolute atomic E-state index is 12.6. The van der Waals surface area contributed by atoms with Gasteiger partial charge < -0.3 is 40.3 Å². The molecule has 28 heteroatoms. The van der Waals surface area contributed by atoms with Crippen LogP contribution < -0.4 is 16.0 Å². The lowest BCUT2D eigenvalue weighted by atomic mass is 10.3. The lowest BCUT2D eigenvalue weighted by molar-refractivity contribution is 0.0522. The molecule has 0 fully saturated rings. The third-order valence-corrected chi connectivity index (χ3v) is 15.9. The number of carbonyl (C=O) groups is 4. The lowest BCUT2D eigenvalue weighted by Crippen LogP contribution is -2.32.